The van der Waals surface area contributed by atoms with E-state index in [4.69, 9.17) is 5.26 Å². The van der Waals surface area contributed by atoms with Crippen LogP contribution in [0.2, 0.25) is 0 Å². The van der Waals surface area contributed by atoms with Crippen LogP contribution in [0.3, 0.4) is 0 Å². The van der Waals surface area contributed by atoms with Crippen molar-refractivity contribution in [3.63, 3.8) is 0 Å². The fraction of sp³-hybridized carbons (Fsp3) is 0.909. The van der Waals surface area contributed by atoms with Crippen molar-refractivity contribution in [1.29, 1.82) is 5.26 Å². The highest BCUT2D eigenvalue weighted by molar-refractivity contribution is 8.02. The van der Waals surface area contributed by atoms with Crippen LogP contribution in [0.5, 0.6) is 0 Å². The number of hydrogen-bond acceptors (Lipinski definition) is 2. The predicted molar refractivity (Wildman–Crippen MR) is 58.7 cm³/mol. The number of rotatable bonds is 1. The molecule has 0 spiro atoms. The van der Waals surface area contributed by atoms with E-state index in [-0.39, 0.29) is 9.49 Å². The zero-order chi connectivity index (χ0) is 10.3. The molecule has 0 aromatic heterocycles. The first-order valence-corrected chi connectivity index (χ1v) is 5.61. The molecule has 1 saturated carbocycles. The fourth-order valence-corrected chi connectivity index (χ4v) is 4.40. The molecule has 0 radical (unpaired) electrons. The Morgan fingerprint density at radius 3 is 1.92 bits per heavy atom. The Bertz CT molecular complexity index is 234. The molecule has 0 amide bonds. The van der Waals surface area contributed by atoms with E-state index in [0.29, 0.717) is 5.41 Å². The Hall–Kier alpha value is -0.160. The molecule has 0 saturated heterocycles. The molecule has 1 nitrogen and oxygen atoms in total. The lowest BCUT2D eigenvalue weighted by Crippen LogP contribution is -2.47. The maximum atomic E-state index is 9.16. The van der Waals surface area contributed by atoms with Crippen LogP contribution in [0.1, 0.15) is 47.5 Å². The lowest BCUT2D eigenvalue weighted by atomic mass is 9.64. The first kappa shape index (κ1) is 10.9. The molecule has 74 valence electrons. The standard InChI is InChI=1S/C11H19NS/c1-9(2,3)13-11(8-12)6-10(4,5)7-11/h6-7H2,1-5H3. The molecular weight excluding hydrogens is 178 g/mol. The van der Waals surface area contributed by atoms with E-state index in [9.17, 15) is 0 Å². The van der Waals surface area contributed by atoms with E-state index in [1.807, 2.05) is 11.8 Å². The van der Waals surface area contributed by atoms with E-state index in [1.54, 1.807) is 0 Å². The minimum Gasteiger partial charge on any atom is -0.197 e. The SMILES string of the molecule is CC1(C)CC(C#N)(SC(C)(C)C)C1. The Balaban J connectivity index is 2.63. The zero-order valence-electron chi connectivity index (χ0n) is 9.27. The van der Waals surface area contributed by atoms with Crippen molar-refractivity contribution >= 4 is 11.8 Å². The van der Waals surface area contributed by atoms with Crippen molar-refractivity contribution in [1.82, 2.24) is 0 Å². The first-order chi connectivity index (χ1) is 5.68. The maximum absolute atomic E-state index is 9.16. The van der Waals surface area contributed by atoms with Crippen molar-refractivity contribution in [2.24, 2.45) is 5.41 Å². The normalized spacial score (nSPS) is 24.6. The van der Waals surface area contributed by atoms with Crippen LogP contribution in [0.25, 0.3) is 0 Å². The van der Waals surface area contributed by atoms with E-state index in [1.165, 1.54) is 0 Å². The molecule has 13 heavy (non-hydrogen) atoms. The van der Waals surface area contributed by atoms with E-state index in [0.717, 1.165) is 12.8 Å². The van der Waals surface area contributed by atoms with Crippen molar-refractivity contribution in [3.05, 3.63) is 0 Å². The molecule has 1 fully saturated rings. The van der Waals surface area contributed by atoms with Crippen LogP contribution >= 0.6 is 11.8 Å². The van der Waals surface area contributed by atoms with Crippen LogP contribution in [0.4, 0.5) is 0 Å². The Morgan fingerprint density at radius 2 is 1.69 bits per heavy atom. The van der Waals surface area contributed by atoms with Gasteiger partial charge >= 0.3 is 0 Å². The van der Waals surface area contributed by atoms with E-state index in [2.05, 4.69) is 40.7 Å². The van der Waals surface area contributed by atoms with Crippen LogP contribution in [-0.2, 0) is 0 Å². The molecule has 0 atom stereocenters. The van der Waals surface area contributed by atoms with Gasteiger partial charge in [0.05, 0.1) is 6.07 Å². The Kier molecular flexibility index (Phi) is 2.45. The molecule has 0 bridgehead atoms. The lowest BCUT2D eigenvalue weighted by Gasteiger charge is -2.50. The van der Waals surface area contributed by atoms with Crippen LogP contribution in [0, 0.1) is 16.7 Å². The third kappa shape index (κ3) is 2.64. The largest absolute Gasteiger partial charge is 0.197 e. The van der Waals surface area contributed by atoms with Crippen molar-refractivity contribution in [2.75, 3.05) is 0 Å². The number of hydrogen-bond donors (Lipinski definition) is 0. The molecule has 1 aliphatic carbocycles. The highest BCUT2D eigenvalue weighted by Gasteiger charge is 2.51. The minimum atomic E-state index is -0.0955. The second kappa shape index (κ2) is 2.92. The van der Waals surface area contributed by atoms with Gasteiger partial charge in [0.25, 0.3) is 0 Å². The van der Waals surface area contributed by atoms with Gasteiger partial charge in [-0.25, -0.2) is 0 Å². The monoisotopic (exact) mass is 197 g/mol. The molecule has 2 heteroatoms. The van der Waals surface area contributed by atoms with Crippen LogP contribution in [-0.4, -0.2) is 9.49 Å². The van der Waals surface area contributed by atoms with Crippen LogP contribution < -0.4 is 0 Å². The van der Waals surface area contributed by atoms with Gasteiger partial charge in [0.2, 0.25) is 0 Å². The second-order valence-corrected chi connectivity index (χ2v) is 8.05. The summed E-state index contributed by atoms with van der Waals surface area (Å²) in [6, 6.07) is 2.49. The third-order valence-electron chi connectivity index (χ3n) is 2.23. The molecular formula is C11H19NS. The summed E-state index contributed by atoms with van der Waals surface area (Å²) in [5.41, 5.74) is 0.383. The molecule has 1 rings (SSSR count). The lowest BCUT2D eigenvalue weighted by molar-refractivity contribution is 0.161. The van der Waals surface area contributed by atoms with Gasteiger partial charge in [-0.3, -0.25) is 0 Å². The van der Waals surface area contributed by atoms with E-state index < -0.39 is 0 Å². The quantitative estimate of drug-likeness (QED) is 0.641. The summed E-state index contributed by atoms with van der Waals surface area (Å²) in [6.45, 7) is 11.0. The average Bonchev–Trinajstić information content (AvgIpc) is 1.79. The fourth-order valence-electron chi connectivity index (χ4n) is 2.25. The van der Waals surface area contributed by atoms with Crippen molar-refractivity contribution in [2.45, 2.75) is 57.0 Å². The average molecular weight is 197 g/mol. The van der Waals surface area contributed by atoms with Gasteiger partial charge in [-0.1, -0.05) is 34.6 Å². The summed E-state index contributed by atoms with van der Waals surface area (Å²) < 4.78 is 0.105. The summed E-state index contributed by atoms with van der Waals surface area (Å²) in [4.78, 5) is 0. The van der Waals surface area contributed by atoms with Gasteiger partial charge in [0, 0.05) is 4.75 Å². The third-order valence-corrected chi connectivity index (χ3v) is 3.62. The van der Waals surface area contributed by atoms with Gasteiger partial charge in [0.1, 0.15) is 4.75 Å². The predicted octanol–water partition coefficient (Wildman–Crippen LogP) is 3.60. The van der Waals surface area contributed by atoms with E-state index >= 15 is 0 Å². The molecule has 1 aliphatic rings. The minimum absolute atomic E-state index is 0.0955. The van der Waals surface area contributed by atoms with Crippen molar-refractivity contribution < 1.29 is 0 Å². The van der Waals surface area contributed by atoms with Gasteiger partial charge in [-0.15, -0.1) is 11.8 Å². The molecule has 0 aromatic carbocycles. The summed E-state index contributed by atoms with van der Waals surface area (Å²) in [5.74, 6) is 0. The first-order valence-electron chi connectivity index (χ1n) is 4.80. The number of thioether (sulfide) groups is 1. The molecule has 0 heterocycles. The van der Waals surface area contributed by atoms with Gasteiger partial charge in [-0.05, 0) is 18.3 Å². The summed E-state index contributed by atoms with van der Waals surface area (Å²) in [6.07, 6.45) is 2.08. The maximum Gasteiger partial charge on any atom is 0.104 e. The smallest absolute Gasteiger partial charge is 0.104 e. The summed E-state index contributed by atoms with van der Waals surface area (Å²) in [5, 5.41) is 9.16. The van der Waals surface area contributed by atoms with Gasteiger partial charge in [0.15, 0.2) is 0 Å². The highest BCUT2D eigenvalue weighted by Crippen LogP contribution is 2.57. The Morgan fingerprint density at radius 1 is 1.23 bits per heavy atom. The van der Waals surface area contributed by atoms with Gasteiger partial charge in [-0.2, -0.15) is 5.26 Å². The second-order valence-electron chi connectivity index (χ2n) is 5.84. The van der Waals surface area contributed by atoms with Crippen LogP contribution in [0.15, 0.2) is 0 Å². The Labute approximate surface area is 85.9 Å². The zero-order valence-corrected chi connectivity index (χ0v) is 10.1. The van der Waals surface area contributed by atoms with Crippen molar-refractivity contribution in [3.8, 4) is 6.07 Å². The summed E-state index contributed by atoms with van der Waals surface area (Å²) >= 11 is 1.83. The summed E-state index contributed by atoms with van der Waals surface area (Å²) in [7, 11) is 0. The topological polar surface area (TPSA) is 23.8 Å². The molecule has 0 N–H and O–H groups in total. The number of nitriles is 1. The number of nitrogens with zero attached hydrogens (tertiary/aromatic N) is 1. The molecule has 0 unspecified atom stereocenters. The van der Waals surface area contributed by atoms with Gasteiger partial charge < -0.3 is 0 Å². The highest BCUT2D eigenvalue weighted by atomic mass is 32.2. The molecule has 0 aromatic rings. The molecule has 0 aliphatic heterocycles.